The van der Waals surface area contributed by atoms with Gasteiger partial charge in [-0.3, -0.25) is 14.8 Å². The molecule has 0 bridgehead atoms. The summed E-state index contributed by atoms with van der Waals surface area (Å²) in [7, 11) is 0. The summed E-state index contributed by atoms with van der Waals surface area (Å²) in [6.45, 7) is 1.79. The number of rotatable bonds is 1. The van der Waals surface area contributed by atoms with Crippen LogP contribution in [-0.2, 0) is 0 Å². The van der Waals surface area contributed by atoms with Crippen molar-refractivity contribution >= 4 is 0 Å². The maximum Gasteiger partial charge on any atom is 0.328 e. The van der Waals surface area contributed by atoms with Crippen LogP contribution in [-0.4, -0.2) is 9.97 Å². The molecule has 19 heavy (non-hydrogen) atoms. The number of hydrogen-bond donors (Lipinski definition) is 2. The number of aromatic amines is 2. The van der Waals surface area contributed by atoms with Crippen LogP contribution < -0.4 is 16.0 Å². The highest BCUT2D eigenvalue weighted by Crippen LogP contribution is 2.33. The second-order valence-corrected chi connectivity index (χ2v) is 4.42. The Kier molecular flexibility index (Phi) is 2.59. The van der Waals surface area contributed by atoms with Crippen LogP contribution in [0.25, 0.3) is 0 Å². The molecule has 1 aromatic heterocycles. The van der Waals surface area contributed by atoms with Crippen LogP contribution in [0.5, 0.6) is 5.88 Å². The van der Waals surface area contributed by atoms with E-state index in [2.05, 4.69) is 9.97 Å². The molecule has 5 nitrogen and oxygen atoms in total. The van der Waals surface area contributed by atoms with Gasteiger partial charge in [-0.05, 0) is 18.6 Å². The lowest BCUT2D eigenvalue weighted by Gasteiger charge is -2.22. The summed E-state index contributed by atoms with van der Waals surface area (Å²) in [6.07, 6.45) is 1.87. The van der Waals surface area contributed by atoms with Crippen LogP contribution in [0.3, 0.4) is 0 Å². The van der Waals surface area contributed by atoms with E-state index in [1.165, 1.54) is 0 Å². The molecule has 1 aromatic carbocycles. The molecule has 1 aliphatic heterocycles. The standard InChI is InChI=1S/C14H12N2O3/c1-8-7-10(9-5-3-2-4-6-9)11-12(17)15-14(18)16-13(11)19-8/h2-7,10H,1H3,(H2,15,16,17,18)/t10-/m0/s1. The topological polar surface area (TPSA) is 75.0 Å². The third-order valence-corrected chi connectivity index (χ3v) is 3.08. The molecule has 2 aromatic rings. The lowest BCUT2D eigenvalue weighted by molar-refractivity contribution is 0.385. The van der Waals surface area contributed by atoms with Gasteiger partial charge >= 0.3 is 5.69 Å². The molecule has 3 rings (SSSR count). The van der Waals surface area contributed by atoms with Gasteiger partial charge in [0.2, 0.25) is 5.88 Å². The van der Waals surface area contributed by atoms with Crippen molar-refractivity contribution in [3.05, 3.63) is 74.1 Å². The number of nitrogens with one attached hydrogen (secondary N) is 2. The lowest BCUT2D eigenvalue weighted by atomic mass is 9.91. The zero-order valence-electron chi connectivity index (χ0n) is 10.3. The maximum absolute atomic E-state index is 12.0. The zero-order valence-corrected chi connectivity index (χ0v) is 10.3. The summed E-state index contributed by atoms with van der Waals surface area (Å²) in [5.41, 5.74) is 0.418. The predicted octanol–water partition coefficient (Wildman–Crippen LogP) is 1.49. The molecular weight excluding hydrogens is 244 g/mol. The fourth-order valence-corrected chi connectivity index (χ4v) is 2.27. The molecule has 2 N–H and O–H groups in total. The minimum atomic E-state index is -0.565. The Bertz CT molecular complexity index is 756. The van der Waals surface area contributed by atoms with Crippen LogP contribution in [0.4, 0.5) is 0 Å². The van der Waals surface area contributed by atoms with E-state index < -0.39 is 11.2 Å². The number of H-pyrrole nitrogens is 2. The monoisotopic (exact) mass is 256 g/mol. The molecule has 1 aliphatic rings. The number of hydrogen-bond acceptors (Lipinski definition) is 3. The van der Waals surface area contributed by atoms with Gasteiger partial charge in [0.1, 0.15) is 0 Å². The Labute approximate surface area is 108 Å². The third kappa shape index (κ3) is 1.99. The van der Waals surface area contributed by atoms with Gasteiger partial charge in [0.25, 0.3) is 5.56 Å². The summed E-state index contributed by atoms with van der Waals surface area (Å²) < 4.78 is 5.43. The van der Waals surface area contributed by atoms with E-state index in [-0.39, 0.29) is 11.8 Å². The summed E-state index contributed by atoms with van der Waals surface area (Å²) in [4.78, 5) is 28.1. The van der Waals surface area contributed by atoms with Gasteiger partial charge in [-0.25, -0.2) is 4.79 Å². The van der Waals surface area contributed by atoms with Crippen LogP contribution in [0.1, 0.15) is 24.0 Å². The Morgan fingerprint density at radius 1 is 1.11 bits per heavy atom. The Morgan fingerprint density at radius 3 is 2.58 bits per heavy atom. The fraction of sp³-hybridized carbons (Fsp3) is 0.143. The molecule has 0 saturated heterocycles. The first-order valence-electron chi connectivity index (χ1n) is 5.93. The number of benzene rings is 1. The minimum Gasteiger partial charge on any atom is -0.445 e. The number of allylic oxidation sites excluding steroid dienone is 2. The number of ether oxygens (including phenoxy) is 1. The first-order valence-corrected chi connectivity index (χ1v) is 5.93. The first kappa shape index (κ1) is 11.5. The van der Waals surface area contributed by atoms with Gasteiger partial charge < -0.3 is 4.74 Å². The number of fused-ring (bicyclic) bond motifs is 1. The molecule has 0 saturated carbocycles. The summed E-state index contributed by atoms with van der Waals surface area (Å²) in [6, 6.07) is 9.61. The second kappa shape index (κ2) is 4.28. The minimum absolute atomic E-state index is 0.217. The summed E-state index contributed by atoms with van der Waals surface area (Å²) in [5.74, 6) is 0.663. The van der Waals surface area contributed by atoms with E-state index in [4.69, 9.17) is 4.74 Å². The second-order valence-electron chi connectivity index (χ2n) is 4.42. The van der Waals surface area contributed by atoms with Crippen LogP contribution in [0.15, 0.2) is 51.8 Å². The van der Waals surface area contributed by atoms with Crippen LogP contribution >= 0.6 is 0 Å². The molecule has 0 radical (unpaired) electrons. The van der Waals surface area contributed by atoms with Crippen LogP contribution in [0, 0.1) is 0 Å². The maximum atomic E-state index is 12.0. The molecule has 0 spiro atoms. The van der Waals surface area contributed by atoms with E-state index in [0.717, 1.165) is 5.56 Å². The van der Waals surface area contributed by atoms with Gasteiger partial charge in [0.05, 0.1) is 11.3 Å². The quantitative estimate of drug-likeness (QED) is 0.811. The van der Waals surface area contributed by atoms with Crippen molar-refractivity contribution in [2.75, 3.05) is 0 Å². The average Bonchev–Trinajstić information content (AvgIpc) is 2.38. The van der Waals surface area contributed by atoms with E-state index in [9.17, 15) is 9.59 Å². The van der Waals surface area contributed by atoms with Gasteiger partial charge in [0, 0.05) is 5.92 Å². The molecule has 96 valence electrons. The van der Waals surface area contributed by atoms with Crippen molar-refractivity contribution in [3.8, 4) is 5.88 Å². The molecule has 0 unspecified atom stereocenters. The highest BCUT2D eigenvalue weighted by atomic mass is 16.5. The fourth-order valence-electron chi connectivity index (χ4n) is 2.27. The Balaban J connectivity index is 2.25. The molecule has 0 aliphatic carbocycles. The lowest BCUT2D eigenvalue weighted by Crippen LogP contribution is -2.29. The Morgan fingerprint density at radius 2 is 1.84 bits per heavy atom. The van der Waals surface area contributed by atoms with Crippen molar-refractivity contribution < 1.29 is 4.74 Å². The molecule has 5 heteroatoms. The smallest absolute Gasteiger partial charge is 0.328 e. The highest BCUT2D eigenvalue weighted by Gasteiger charge is 2.26. The van der Waals surface area contributed by atoms with Gasteiger partial charge in [0.15, 0.2) is 0 Å². The van der Waals surface area contributed by atoms with E-state index >= 15 is 0 Å². The van der Waals surface area contributed by atoms with Gasteiger partial charge in [-0.1, -0.05) is 30.3 Å². The van der Waals surface area contributed by atoms with E-state index in [1.807, 2.05) is 36.4 Å². The average molecular weight is 256 g/mol. The normalized spacial score (nSPS) is 17.3. The van der Waals surface area contributed by atoms with Gasteiger partial charge in [-0.2, -0.15) is 0 Å². The summed E-state index contributed by atoms with van der Waals surface area (Å²) >= 11 is 0. The SMILES string of the molecule is CC1=C[C@@H](c2ccccc2)c2c([nH]c(=O)[nH]c2=O)O1. The predicted molar refractivity (Wildman–Crippen MR) is 70.4 cm³/mol. The number of aromatic nitrogens is 2. The van der Waals surface area contributed by atoms with E-state index in [1.54, 1.807) is 6.92 Å². The molecule has 0 fully saturated rings. The molecule has 1 atom stereocenters. The van der Waals surface area contributed by atoms with Crippen molar-refractivity contribution in [1.29, 1.82) is 0 Å². The molecular formula is C14H12N2O3. The largest absolute Gasteiger partial charge is 0.445 e. The first-order chi connectivity index (χ1) is 9.15. The van der Waals surface area contributed by atoms with E-state index in [0.29, 0.717) is 11.3 Å². The molecule has 0 amide bonds. The highest BCUT2D eigenvalue weighted by molar-refractivity contribution is 5.43. The van der Waals surface area contributed by atoms with Crippen molar-refractivity contribution in [1.82, 2.24) is 9.97 Å². The zero-order chi connectivity index (χ0) is 13.4. The summed E-state index contributed by atoms with van der Waals surface area (Å²) in [5, 5.41) is 0. The van der Waals surface area contributed by atoms with Crippen molar-refractivity contribution in [2.45, 2.75) is 12.8 Å². The van der Waals surface area contributed by atoms with Crippen molar-refractivity contribution in [3.63, 3.8) is 0 Å². The van der Waals surface area contributed by atoms with Gasteiger partial charge in [-0.15, -0.1) is 0 Å². The van der Waals surface area contributed by atoms with Crippen LogP contribution in [0.2, 0.25) is 0 Å². The van der Waals surface area contributed by atoms with Crippen molar-refractivity contribution in [2.24, 2.45) is 0 Å². The third-order valence-electron chi connectivity index (χ3n) is 3.08. The Hall–Kier alpha value is -2.56. The molecule has 2 heterocycles.